The molecule has 0 atom stereocenters. The maximum absolute atomic E-state index is 12.4. The number of anilines is 2. The number of Topliss-reactive ketones (excluding diaryl/α,β-unsaturated/α-hetero) is 1. The molecule has 1 N–H and O–H groups in total. The highest BCUT2D eigenvalue weighted by Crippen LogP contribution is 2.34. The van der Waals surface area contributed by atoms with Crippen LogP contribution in [0.2, 0.25) is 0 Å². The summed E-state index contributed by atoms with van der Waals surface area (Å²) in [5.74, 6) is 0.801. The Hall–Kier alpha value is -2.27. The van der Waals surface area contributed by atoms with E-state index in [2.05, 4.69) is 16.3 Å². The van der Waals surface area contributed by atoms with Gasteiger partial charge in [-0.05, 0) is 31.2 Å². The molecule has 0 fully saturated rings. The van der Waals surface area contributed by atoms with Crippen molar-refractivity contribution < 1.29 is 9.59 Å². The summed E-state index contributed by atoms with van der Waals surface area (Å²) in [7, 11) is 0. The van der Waals surface area contributed by atoms with Gasteiger partial charge in [0.25, 0.3) is 0 Å². The van der Waals surface area contributed by atoms with Crippen LogP contribution in [0, 0.1) is 0 Å². The number of hydrogen-bond acceptors (Lipinski definition) is 4. The Morgan fingerprint density at radius 3 is 2.70 bits per heavy atom. The first-order valence-corrected chi connectivity index (χ1v) is 8.50. The van der Waals surface area contributed by atoms with Crippen molar-refractivity contribution in [3.8, 4) is 0 Å². The molecule has 1 aliphatic heterocycles. The minimum Gasteiger partial charge on any atom is -0.360 e. The van der Waals surface area contributed by atoms with E-state index in [-0.39, 0.29) is 18.2 Å². The zero-order valence-corrected chi connectivity index (χ0v) is 13.7. The zero-order valence-electron chi connectivity index (χ0n) is 12.9. The molecule has 23 heavy (non-hydrogen) atoms. The SMILES string of the molecule is CC(=O)c1ccccc1NC(=O)CN1CCSc2ccccc21. The van der Waals surface area contributed by atoms with Crippen molar-refractivity contribution in [1.29, 1.82) is 0 Å². The molecule has 5 heteroatoms. The predicted molar refractivity (Wildman–Crippen MR) is 94.5 cm³/mol. The second-order valence-corrected chi connectivity index (χ2v) is 6.52. The van der Waals surface area contributed by atoms with Crippen LogP contribution >= 0.6 is 11.8 Å². The molecule has 2 aromatic carbocycles. The average Bonchev–Trinajstić information content (AvgIpc) is 2.55. The van der Waals surface area contributed by atoms with Gasteiger partial charge >= 0.3 is 0 Å². The number of nitrogens with one attached hydrogen (secondary N) is 1. The first-order valence-electron chi connectivity index (χ1n) is 7.52. The van der Waals surface area contributed by atoms with Crippen molar-refractivity contribution >= 4 is 34.8 Å². The Labute approximate surface area is 139 Å². The molecule has 0 aliphatic carbocycles. The van der Waals surface area contributed by atoms with E-state index < -0.39 is 0 Å². The van der Waals surface area contributed by atoms with Crippen molar-refractivity contribution in [2.45, 2.75) is 11.8 Å². The lowest BCUT2D eigenvalue weighted by Crippen LogP contribution is -2.36. The quantitative estimate of drug-likeness (QED) is 0.875. The largest absolute Gasteiger partial charge is 0.360 e. The summed E-state index contributed by atoms with van der Waals surface area (Å²) >= 11 is 1.81. The summed E-state index contributed by atoms with van der Waals surface area (Å²) in [5, 5.41) is 2.86. The van der Waals surface area contributed by atoms with Gasteiger partial charge in [-0.1, -0.05) is 24.3 Å². The van der Waals surface area contributed by atoms with E-state index in [1.807, 2.05) is 36.0 Å². The fraction of sp³-hybridized carbons (Fsp3) is 0.222. The van der Waals surface area contributed by atoms with Crippen LogP contribution in [0.15, 0.2) is 53.4 Å². The van der Waals surface area contributed by atoms with Crippen LogP contribution in [0.3, 0.4) is 0 Å². The average molecular weight is 326 g/mol. The monoisotopic (exact) mass is 326 g/mol. The van der Waals surface area contributed by atoms with Crippen LogP contribution in [0.5, 0.6) is 0 Å². The van der Waals surface area contributed by atoms with Crippen LogP contribution in [-0.2, 0) is 4.79 Å². The second-order valence-electron chi connectivity index (χ2n) is 5.39. The highest BCUT2D eigenvalue weighted by Gasteiger charge is 2.19. The number of hydrogen-bond donors (Lipinski definition) is 1. The topological polar surface area (TPSA) is 49.4 Å². The number of carbonyl (C=O) groups is 2. The normalized spacial score (nSPS) is 13.3. The van der Waals surface area contributed by atoms with Gasteiger partial charge < -0.3 is 10.2 Å². The second kappa shape index (κ2) is 6.87. The van der Waals surface area contributed by atoms with Gasteiger partial charge in [0.2, 0.25) is 5.91 Å². The van der Waals surface area contributed by atoms with Crippen molar-refractivity contribution in [3.63, 3.8) is 0 Å². The number of nitrogens with zero attached hydrogens (tertiary/aromatic N) is 1. The number of benzene rings is 2. The van der Waals surface area contributed by atoms with E-state index in [0.717, 1.165) is 18.0 Å². The van der Waals surface area contributed by atoms with Gasteiger partial charge in [-0.15, -0.1) is 11.8 Å². The number of fused-ring (bicyclic) bond motifs is 1. The van der Waals surface area contributed by atoms with Gasteiger partial charge in [0.1, 0.15) is 0 Å². The van der Waals surface area contributed by atoms with Gasteiger partial charge in [0, 0.05) is 22.8 Å². The van der Waals surface area contributed by atoms with Crippen LogP contribution in [-0.4, -0.2) is 30.5 Å². The lowest BCUT2D eigenvalue weighted by Gasteiger charge is -2.30. The molecule has 118 valence electrons. The Bertz CT molecular complexity index is 745. The number of thioether (sulfide) groups is 1. The molecule has 0 radical (unpaired) electrons. The minimum atomic E-state index is -0.111. The minimum absolute atomic E-state index is 0.0550. The van der Waals surface area contributed by atoms with Gasteiger partial charge in [0.05, 0.1) is 17.9 Å². The number of amides is 1. The van der Waals surface area contributed by atoms with Gasteiger partial charge in [-0.3, -0.25) is 9.59 Å². The highest BCUT2D eigenvalue weighted by molar-refractivity contribution is 7.99. The first kappa shape index (κ1) is 15.6. The summed E-state index contributed by atoms with van der Waals surface area (Å²) in [4.78, 5) is 27.3. The molecule has 0 saturated carbocycles. The van der Waals surface area contributed by atoms with Crippen molar-refractivity contribution in [2.24, 2.45) is 0 Å². The molecule has 1 aliphatic rings. The molecular formula is C18H18N2O2S. The maximum atomic E-state index is 12.4. The number of ketones is 1. The fourth-order valence-corrected chi connectivity index (χ4v) is 3.70. The molecule has 0 saturated heterocycles. The van der Waals surface area contributed by atoms with E-state index in [0.29, 0.717) is 11.3 Å². The predicted octanol–water partition coefficient (Wildman–Crippen LogP) is 3.44. The standard InChI is InChI=1S/C18H18N2O2S/c1-13(21)14-6-2-3-7-15(14)19-18(22)12-20-10-11-23-17-9-5-4-8-16(17)20/h2-9H,10-12H2,1H3,(H,19,22). The molecule has 3 rings (SSSR count). The molecule has 2 aromatic rings. The van der Waals surface area contributed by atoms with Crippen molar-refractivity contribution in [1.82, 2.24) is 0 Å². The van der Waals surface area contributed by atoms with E-state index in [4.69, 9.17) is 0 Å². The fourth-order valence-electron chi connectivity index (χ4n) is 2.65. The Balaban J connectivity index is 1.73. The number of carbonyl (C=O) groups excluding carboxylic acids is 2. The molecule has 1 heterocycles. The number of para-hydroxylation sites is 2. The van der Waals surface area contributed by atoms with Gasteiger partial charge in [-0.25, -0.2) is 0 Å². The smallest absolute Gasteiger partial charge is 0.243 e. The molecule has 0 unspecified atom stereocenters. The van der Waals surface area contributed by atoms with E-state index in [1.54, 1.807) is 18.2 Å². The lowest BCUT2D eigenvalue weighted by molar-refractivity contribution is -0.115. The Morgan fingerprint density at radius 2 is 1.87 bits per heavy atom. The lowest BCUT2D eigenvalue weighted by atomic mass is 10.1. The van der Waals surface area contributed by atoms with Crippen LogP contribution in [0.4, 0.5) is 11.4 Å². The third-order valence-electron chi connectivity index (χ3n) is 3.74. The first-order chi connectivity index (χ1) is 11.1. The maximum Gasteiger partial charge on any atom is 0.243 e. The van der Waals surface area contributed by atoms with Crippen LogP contribution < -0.4 is 10.2 Å². The third kappa shape index (κ3) is 3.56. The Morgan fingerprint density at radius 1 is 1.13 bits per heavy atom. The van der Waals surface area contributed by atoms with E-state index in [1.165, 1.54) is 11.8 Å². The molecule has 0 spiro atoms. The Kier molecular flexibility index (Phi) is 4.67. The van der Waals surface area contributed by atoms with E-state index >= 15 is 0 Å². The molecule has 0 bridgehead atoms. The summed E-state index contributed by atoms with van der Waals surface area (Å²) in [5.41, 5.74) is 2.21. The molecule has 1 amide bonds. The molecular weight excluding hydrogens is 308 g/mol. The summed E-state index contributed by atoms with van der Waals surface area (Å²) < 4.78 is 0. The van der Waals surface area contributed by atoms with Crippen LogP contribution in [0.25, 0.3) is 0 Å². The number of rotatable bonds is 4. The molecule has 4 nitrogen and oxygen atoms in total. The highest BCUT2D eigenvalue weighted by atomic mass is 32.2. The third-order valence-corrected chi connectivity index (χ3v) is 4.78. The summed E-state index contributed by atoms with van der Waals surface area (Å²) in [6, 6.07) is 15.2. The van der Waals surface area contributed by atoms with Gasteiger partial charge in [0.15, 0.2) is 5.78 Å². The van der Waals surface area contributed by atoms with Gasteiger partial charge in [-0.2, -0.15) is 0 Å². The molecule has 0 aromatic heterocycles. The summed E-state index contributed by atoms with van der Waals surface area (Å²) in [6.45, 7) is 2.62. The van der Waals surface area contributed by atoms with E-state index in [9.17, 15) is 9.59 Å². The summed E-state index contributed by atoms with van der Waals surface area (Å²) in [6.07, 6.45) is 0. The zero-order chi connectivity index (χ0) is 16.2. The van der Waals surface area contributed by atoms with Crippen molar-refractivity contribution in [2.75, 3.05) is 29.1 Å². The van der Waals surface area contributed by atoms with Crippen molar-refractivity contribution in [3.05, 3.63) is 54.1 Å². The van der Waals surface area contributed by atoms with Crippen LogP contribution in [0.1, 0.15) is 17.3 Å².